The summed E-state index contributed by atoms with van der Waals surface area (Å²) in [7, 11) is 2.54. The molecule has 2 aliphatic heterocycles. The number of nitrogens with one attached hydrogen (secondary N) is 5. The first kappa shape index (κ1) is 45.8. The molecule has 0 bridgehead atoms. The number of ether oxygens (including phenoxy) is 3. The first-order valence-electron chi connectivity index (χ1n) is 22.2. The molecular weight excluding hydrogens is 829 g/mol. The van der Waals surface area contributed by atoms with Gasteiger partial charge in [-0.1, -0.05) is 59.2 Å². The Labute approximate surface area is 378 Å². The zero-order valence-electron chi connectivity index (χ0n) is 38.0. The summed E-state index contributed by atoms with van der Waals surface area (Å²) in [5, 5.41) is 6.14. The Morgan fingerprint density at radius 1 is 0.923 bits per heavy atom. The predicted octanol–water partition coefficient (Wildman–Crippen LogP) is 8.05. The number of rotatable bonds is 13. The molecule has 1 fully saturated rings. The van der Waals surface area contributed by atoms with Crippen molar-refractivity contribution >= 4 is 34.9 Å². The zero-order chi connectivity index (χ0) is 46.2. The third-order valence-electron chi connectivity index (χ3n) is 11.4. The second kappa shape index (κ2) is 20.6. The highest BCUT2D eigenvalue weighted by Crippen LogP contribution is 2.49. The van der Waals surface area contributed by atoms with E-state index in [1.807, 2.05) is 69.4 Å². The van der Waals surface area contributed by atoms with Gasteiger partial charge in [-0.25, -0.2) is 19.6 Å². The van der Waals surface area contributed by atoms with E-state index in [1.165, 1.54) is 20.6 Å². The minimum Gasteiger partial charge on any atom is -0.480 e. The fourth-order valence-corrected chi connectivity index (χ4v) is 8.34. The summed E-state index contributed by atoms with van der Waals surface area (Å²) in [5.74, 6) is 1.42. The van der Waals surface area contributed by atoms with E-state index >= 15 is 0 Å². The highest BCUT2D eigenvalue weighted by atomic mass is 16.5. The lowest BCUT2D eigenvalue weighted by Crippen LogP contribution is -2.51. The SMILES string of the molecule is CCC.CCCN(Cc1ncc(-c2ccc3[nH]c4c(c3c2)C(c2cccnc2)Oc2cc(-c3cnc(C5CCCN5C(=O)CNC(=O)OC)[nH]3)ccc2-4)[nH]1)C(=O)C(NC(=O)OC)C(C)C. The van der Waals surface area contributed by atoms with Crippen LogP contribution in [0, 0.1) is 5.92 Å². The van der Waals surface area contributed by atoms with Crippen LogP contribution in [0.4, 0.5) is 9.59 Å². The minimum atomic E-state index is -0.743. The summed E-state index contributed by atoms with van der Waals surface area (Å²) in [6.07, 6.45) is 8.85. The Kier molecular flexibility index (Phi) is 14.5. The third-order valence-corrected chi connectivity index (χ3v) is 11.4. The first-order chi connectivity index (χ1) is 31.5. The van der Waals surface area contributed by atoms with Crippen molar-refractivity contribution in [1.29, 1.82) is 0 Å². The molecule has 3 unspecified atom stereocenters. The molecule has 3 atom stereocenters. The molecule has 5 N–H and O–H groups in total. The van der Waals surface area contributed by atoms with Crippen molar-refractivity contribution in [2.24, 2.45) is 5.92 Å². The van der Waals surface area contributed by atoms with E-state index in [2.05, 4.69) is 65.2 Å². The van der Waals surface area contributed by atoms with Crippen molar-refractivity contribution < 1.29 is 33.4 Å². The monoisotopic (exact) mass is 886 g/mol. The van der Waals surface area contributed by atoms with E-state index in [0.717, 1.165) is 75.1 Å². The molecule has 8 rings (SSSR count). The van der Waals surface area contributed by atoms with E-state index in [-0.39, 0.29) is 36.9 Å². The molecule has 4 aromatic heterocycles. The van der Waals surface area contributed by atoms with Gasteiger partial charge in [0.25, 0.3) is 0 Å². The fraction of sp³-hybridized carbons (Fsp3) is 0.396. The summed E-state index contributed by atoms with van der Waals surface area (Å²) in [6, 6.07) is 15.2. The van der Waals surface area contributed by atoms with Gasteiger partial charge in [0.15, 0.2) is 6.10 Å². The lowest BCUT2D eigenvalue weighted by molar-refractivity contribution is -0.135. The Bertz CT molecular complexity index is 2620. The number of alkyl carbamates (subject to hydrolysis) is 2. The summed E-state index contributed by atoms with van der Waals surface area (Å²) in [5.41, 5.74) is 7.97. The van der Waals surface area contributed by atoms with Gasteiger partial charge in [0, 0.05) is 64.2 Å². The quantitative estimate of drug-likeness (QED) is 0.0753. The highest BCUT2D eigenvalue weighted by Gasteiger charge is 2.35. The van der Waals surface area contributed by atoms with Gasteiger partial charge < -0.3 is 49.6 Å². The maximum atomic E-state index is 13.7. The van der Waals surface area contributed by atoms with E-state index in [1.54, 1.807) is 28.4 Å². The molecule has 0 radical (unpaired) electrons. The number of benzene rings is 2. The summed E-state index contributed by atoms with van der Waals surface area (Å²) in [4.78, 5) is 78.1. The minimum absolute atomic E-state index is 0.149. The lowest BCUT2D eigenvalue weighted by Gasteiger charge is -2.28. The number of imidazole rings is 2. The predicted molar refractivity (Wildman–Crippen MR) is 246 cm³/mol. The molecule has 2 aliphatic rings. The van der Waals surface area contributed by atoms with Crippen molar-refractivity contribution in [1.82, 2.24) is 50.3 Å². The number of hydrogen-bond acceptors (Lipinski definition) is 10. The standard InChI is InChI=1S/C45H50N10O7.C3H8/c1-6-16-54(43(57)39(25(2)3)53-45(59)61-5)24-36-47-21-32(50-36)26-12-14-31-30(18-26)38-40(51-31)29-13-11-27(19-35(29)62-41(38)28-9-7-15-46-20-28)33-22-48-42(52-33)34-10-8-17-55(34)37(56)23-49-44(58)60-4;1-3-2/h7,9,11-15,18-22,25,34,39,41,51H,6,8,10,16-17,23-24H2,1-5H3,(H,47,50)(H,48,52)(H,49,58)(H,53,59);3H2,1-2H3. The van der Waals surface area contributed by atoms with Crippen LogP contribution >= 0.6 is 0 Å². The zero-order valence-corrected chi connectivity index (χ0v) is 38.0. The van der Waals surface area contributed by atoms with Crippen LogP contribution in [0.3, 0.4) is 0 Å². The molecule has 1 saturated heterocycles. The molecule has 6 heterocycles. The van der Waals surface area contributed by atoms with Gasteiger partial charge in [0.2, 0.25) is 11.8 Å². The van der Waals surface area contributed by atoms with Crippen LogP contribution in [0.1, 0.15) is 95.2 Å². The molecule has 342 valence electrons. The number of nitrogens with zero attached hydrogens (tertiary/aromatic N) is 5. The van der Waals surface area contributed by atoms with Gasteiger partial charge in [-0.2, -0.15) is 0 Å². The number of aromatic nitrogens is 6. The van der Waals surface area contributed by atoms with E-state index in [0.29, 0.717) is 30.5 Å². The van der Waals surface area contributed by atoms with E-state index in [4.69, 9.17) is 9.47 Å². The number of likely N-dealkylation sites (tertiary alicyclic amines) is 1. The van der Waals surface area contributed by atoms with Gasteiger partial charge in [0.1, 0.15) is 30.0 Å². The fourth-order valence-electron chi connectivity index (χ4n) is 8.34. The van der Waals surface area contributed by atoms with E-state index < -0.39 is 24.3 Å². The lowest BCUT2D eigenvalue weighted by atomic mass is 9.92. The second-order valence-electron chi connectivity index (χ2n) is 16.5. The van der Waals surface area contributed by atoms with Crippen LogP contribution in [0.2, 0.25) is 0 Å². The summed E-state index contributed by atoms with van der Waals surface area (Å²) < 4.78 is 16.3. The molecule has 17 nitrogen and oxygen atoms in total. The summed E-state index contributed by atoms with van der Waals surface area (Å²) >= 11 is 0. The number of fused-ring (bicyclic) bond motifs is 5. The highest BCUT2D eigenvalue weighted by molar-refractivity contribution is 5.96. The number of carbonyl (C=O) groups is 4. The second-order valence-corrected chi connectivity index (χ2v) is 16.5. The topological polar surface area (TPSA) is 213 Å². The molecular formula is C48H58N10O7. The number of amides is 4. The Hall–Kier alpha value is -7.17. The third kappa shape index (κ3) is 9.98. The van der Waals surface area contributed by atoms with Crippen molar-refractivity contribution in [3.63, 3.8) is 0 Å². The van der Waals surface area contributed by atoms with Crippen LogP contribution in [-0.4, -0.2) is 104 Å². The van der Waals surface area contributed by atoms with Crippen LogP contribution in [-0.2, 0) is 25.6 Å². The largest absolute Gasteiger partial charge is 0.480 e. The number of aromatic amines is 3. The Balaban J connectivity index is 0.00000204. The van der Waals surface area contributed by atoms with Gasteiger partial charge >= 0.3 is 12.2 Å². The number of H-pyrrole nitrogens is 3. The van der Waals surface area contributed by atoms with Gasteiger partial charge in [0.05, 0.1) is 56.3 Å². The maximum Gasteiger partial charge on any atom is 0.407 e. The Morgan fingerprint density at radius 2 is 1.66 bits per heavy atom. The van der Waals surface area contributed by atoms with Crippen LogP contribution < -0.4 is 15.4 Å². The van der Waals surface area contributed by atoms with E-state index in [9.17, 15) is 19.2 Å². The maximum absolute atomic E-state index is 13.7. The number of methoxy groups -OCH3 is 2. The number of carbonyl (C=O) groups excluding carboxylic acids is 4. The average Bonchev–Trinajstić information content (AvgIpc) is 4.16. The Morgan fingerprint density at radius 3 is 2.38 bits per heavy atom. The van der Waals surface area contributed by atoms with Crippen molar-refractivity contribution in [3.8, 4) is 39.5 Å². The van der Waals surface area contributed by atoms with Crippen molar-refractivity contribution in [2.45, 2.75) is 85.0 Å². The van der Waals surface area contributed by atoms with Crippen LogP contribution in [0.25, 0.3) is 44.7 Å². The molecule has 2 aromatic carbocycles. The molecule has 0 aliphatic carbocycles. The number of pyridine rings is 1. The summed E-state index contributed by atoms with van der Waals surface area (Å²) in [6.45, 7) is 11.2. The smallest absolute Gasteiger partial charge is 0.407 e. The molecule has 0 spiro atoms. The molecule has 6 aromatic rings. The molecule has 17 heteroatoms. The molecule has 4 amide bonds. The average molecular weight is 887 g/mol. The van der Waals surface area contributed by atoms with Crippen LogP contribution in [0.15, 0.2) is 73.3 Å². The first-order valence-corrected chi connectivity index (χ1v) is 22.2. The van der Waals surface area contributed by atoms with Crippen molar-refractivity contribution in [3.05, 3.63) is 96.1 Å². The number of hydrogen-bond donors (Lipinski definition) is 5. The van der Waals surface area contributed by atoms with Gasteiger partial charge in [-0.15, -0.1) is 0 Å². The molecule has 0 saturated carbocycles. The van der Waals surface area contributed by atoms with Gasteiger partial charge in [-0.05, 0) is 55.5 Å². The van der Waals surface area contributed by atoms with Crippen molar-refractivity contribution in [2.75, 3.05) is 33.9 Å². The normalized spacial score (nSPS) is 15.5. The molecule has 65 heavy (non-hydrogen) atoms. The van der Waals surface area contributed by atoms with Crippen LogP contribution in [0.5, 0.6) is 5.75 Å². The van der Waals surface area contributed by atoms with Gasteiger partial charge in [-0.3, -0.25) is 14.6 Å².